The third kappa shape index (κ3) is 4.84. The molecule has 0 bridgehead atoms. The van der Waals surface area contributed by atoms with Crippen LogP contribution in [0.1, 0.15) is 33.6 Å². The van der Waals surface area contributed by atoms with Crippen LogP contribution in [0.4, 0.5) is 13.2 Å². The van der Waals surface area contributed by atoms with Gasteiger partial charge in [0.25, 0.3) is 0 Å². The summed E-state index contributed by atoms with van der Waals surface area (Å²) in [7, 11) is 0. The van der Waals surface area contributed by atoms with Gasteiger partial charge >= 0.3 is 6.18 Å². The molecule has 5 heteroatoms. The maximum Gasteiger partial charge on any atom is 0.390 e. The summed E-state index contributed by atoms with van der Waals surface area (Å²) in [6.07, 6.45) is -4.09. The molecule has 2 N–H and O–H groups in total. The lowest BCUT2D eigenvalue weighted by Crippen LogP contribution is -2.52. The van der Waals surface area contributed by atoms with Gasteiger partial charge in [-0.2, -0.15) is 13.2 Å². The highest BCUT2D eigenvalue weighted by atomic mass is 19.4. The Balaban J connectivity index is 4.35. The number of nitrogens with two attached hydrogens (primary N) is 1. The lowest BCUT2D eigenvalue weighted by molar-refractivity contribution is -0.140. The first kappa shape index (κ1) is 14.7. The van der Waals surface area contributed by atoms with E-state index < -0.39 is 12.6 Å². The third-order valence-electron chi connectivity index (χ3n) is 3.01. The van der Waals surface area contributed by atoms with Crippen LogP contribution in [0, 0.1) is 0 Å². The van der Waals surface area contributed by atoms with E-state index in [0.717, 1.165) is 6.42 Å². The number of halogens is 3. The minimum atomic E-state index is -4.09. The van der Waals surface area contributed by atoms with Gasteiger partial charge in [-0.3, -0.25) is 4.90 Å². The van der Waals surface area contributed by atoms with Crippen LogP contribution in [-0.2, 0) is 0 Å². The zero-order valence-corrected chi connectivity index (χ0v) is 9.69. The van der Waals surface area contributed by atoms with Gasteiger partial charge in [0.15, 0.2) is 0 Å². The van der Waals surface area contributed by atoms with Gasteiger partial charge in [-0.05, 0) is 19.9 Å². The Kier molecular flexibility index (Phi) is 5.59. The lowest BCUT2D eigenvalue weighted by atomic mass is 9.96. The Morgan fingerprint density at radius 2 is 1.73 bits per heavy atom. The second-order valence-electron chi connectivity index (χ2n) is 4.00. The Hall–Kier alpha value is -0.290. The smallest absolute Gasteiger partial charge is 0.329 e. The maximum absolute atomic E-state index is 12.1. The molecular weight excluding hydrogens is 205 g/mol. The van der Waals surface area contributed by atoms with E-state index in [1.54, 1.807) is 4.90 Å². The van der Waals surface area contributed by atoms with Gasteiger partial charge in [0.05, 0.1) is 6.42 Å². The predicted octanol–water partition coefficient (Wildman–Crippen LogP) is 2.39. The summed E-state index contributed by atoms with van der Waals surface area (Å²) in [6.45, 7) is 6.73. The molecule has 0 aromatic rings. The number of hydrogen-bond acceptors (Lipinski definition) is 2. The summed E-state index contributed by atoms with van der Waals surface area (Å²) in [5.74, 6) is 0. The molecule has 0 amide bonds. The predicted molar refractivity (Wildman–Crippen MR) is 55.7 cm³/mol. The molecular formula is C10H21F3N2. The maximum atomic E-state index is 12.1. The topological polar surface area (TPSA) is 29.3 Å². The van der Waals surface area contributed by atoms with Gasteiger partial charge in [-0.1, -0.05) is 13.8 Å². The molecule has 92 valence electrons. The van der Waals surface area contributed by atoms with Crippen molar-refractivity contribution in [3.05, 3.63) is 0 Å². The molecule has 0 aliphatic carbocycles. The van der Waals surface area contributed by atoms with Crippen molar-refractivity contribution in [2.24, 2.45) is 5.73 Å². The molecule has 15 heavy (non-hydrogen) atoms. The highest BCUT2D eigenvalue weighted by molar-refractivity contribution is 4.85. The van der Waals surface area contributed by atoms with Crippen LogP contribution in [0.2, 0.25) is 0 Å². The van der Waals surface area contributed by atoms with Gasteiger partial charge in [0, 0.05) is 18.6 Å². The zero-order valence-electron chi connectivity index (χ0n) is 9.69. The largest absolute Gasteiger partial charge is 0.390 e. The van der Waals surface area contributed by atoms with Crippen molar-refractivity contribution in [3.8, 4) is 0 Å². The molecule has 0 aromatic heterocycles. The molecule has 0 aliphatic rings. The number of nitrogens with zero attached hydrogens (tertiary/aromatic N) is 1. The van der Waals surface area contributed by atoms with Crippen molar-refractivity contribution >= 4 is 0 Å². The fourth-order valence-electron chi connectivity index (χ4n) is 1.57. The summed E-state index contributed by atoms with van der Waals surface area (Å²) in [4.78, 5) is 1.81. The first-order valence-corrected chi connectivity index (χ1v) is 5.31. The number of alkyl halides is 3. The highest BCUT2D eigenvalue weighted by Gasteiger charge is 2.32. The Morgan fingerprint density at radius 3 is 2.00 bits per heavy atom. The van der Waals surface area contributed by atoms with E-state index in [9.17, 15) is 13.2 Å². The van der Waals surface area contributed by atoms with E-state index in [0.29, 0.717) is 13.1 Å². The number of likely N-dealkylation sites (N-methyl/N-ethyl adjacent to an activating group) is 1. The average Bonchev–Trinajstić information content (AvgIpc) is 2.16. The van der Waals surface area contributed by atoms with E-state index in [2.05, 4.69) is 0 Å². The van der Waals surface area contributed by atoms with Crippen molar-refractivity contribution in [1.82, 2.24) is 4.90 Å². The molecule has 0 saturated carbocycles. The standard InChI is InChI=1S/C10H21F3N2/c1-4-9(3,8-14)15(5-2)7-6-10(11,12)13/h4-8,14H2,1-3H3. The van der Waals surface area contributed by atoms with Gasteiger partial charge in [-0.15, -0.1) is 0 Å². The second kappa shape index (κ2) is 5.70. The van der Waals surface area contributed by atoms with E-state index in [-0.39, 0.29) is 12.1 Å². The number of rotatable bonds is 6. The normalized spacial score (nSPS) is 16.8. The second-order valence-corrected chi connectivity index (χ2v) is 4.00. The van der Waals surface area contributed by atoms with Gasteiger partial charge < -0.3 is 5.73 Å². The van der Waals surface area contributed by atoms with E-state index >= 15 is 0 Å². The van der Waals surface area contributed by atoms with Crippen molar-refractivity contribution in [3.63, 3.8) is 0 Å². The van der Waals surface area contributed by atoms with Crippen molar-refractivity contribution in [2.45, 2.75) is 45.3 Å². The molecule has 1 atom stereocenters. The van der Waals surface area contributed by atoms with Crippen molar-refractivity contribution in [1.29, 1.82) is 0 Å². The molecule has 0 fully saturated rings. The molecule has 0 heterocycles. The van der Waals surface area contributed by atoms with Crippen LogP contribution < -0.4 is 5.73 Å². The van der Waals surface area contributed by atoms with Gasteiger partial charge in [0.1, 0.15) is 0 Å². The van der Waals surface area contributed by atoms with E-state index in [1.165, 1.54) is 0 Å². The molecule has 0 aromatic carbocycles. The lowest BCUT2D eigenvalue weighted by Gasteiger charge is -2.39. The molecule has 0 rings (SSSR count). The molecule has 0 spiro atoms. The van der Waals surface area contributed by atoms with Gasteiger partial charge in [0.2, 0.25) is 0 Å². The Labute approximate surface area is 89.6 Å². The molecule has 0 aliphatic heterocycles. The monoisotopic (exact) mass is 226 g/mol. The van der Waals surface area contributed by atoms with E-state index in [4.69, 9.17) is 5.73 Å². The van der Waals surface area contributed by atoms with Crippen LogP contribution in [-0.4, -0.2) is 36.2 Å². The summed E-state index contributed by atoms with van der Waals surface area (Å²) < 4.78 is 36.3. The fourth-order valence-corrected chi connectivity index (χ4v) is 1.57. The Bertz CT molecular complexity index is 176. The summed E-state index contributed by atoms with van der Waals surface area (Å²) in [5.41, 5.74) is 5.29. The quantitative estimate of drug-likeness (QED) is 0.753. The van der Waals surface area contributed by atoms with Gasteiger partial charge in [-0.25, -0.2) is 0 Å². The molecule has 0 radical (unpaired) electrons. The first-order valence-electron chi connectivity index (χ1n) is 5.31. The zero-order chi connectivity index (χ0) is 12.1. The highest BCUT2D eigenvalue weighted by Crippen LogP contribution is 2.24. The van der Waals surface area contributed by atoms with Crippen LogP contribution >= 0.6 is 0 Å². The third-order valence-corrected chi connectivity index (χ3v) is 3.01. The summed E-state index contributed by atoms with van der Waals surface area (Å²) >= 11 is 0. The summed E-state index contributed by atoms with van der Waals surface area (Å²) in [5, 5.41) is 0. The molecule has 2 nitrogen and oxygen atoms in total. The van der Waals surface area contributed by atoms with Crippen molar-refractivity contribution in [2.75, 3.05) is 19.6 Å². The van der Waals surface area contributed by atoms with Crippen LogP contribution in [0.3, 0.4) is 0 Å². The first-order chi connectivity index (χ1) is 6.79. The molecule has 1 unspecified atom stereocenters. The minimum absolute atomic E-state index is 0.0293. The minimum Gasteiger partial charge on any atom is -0.329 e. The van der Waals surface area contributed by atoms with E-state index in [1.807, 2.05) is 20.8 Å². The average molecular weight is 226 g/mol. The van der Waals surface area contributed by atoms with Crippen LogP contribution in [0.25, 0.3) is 0 Å². The number of hydrogen-bond donors (Lipinski definition) is 1. The Morgan fingerprint density at radius 1 is 1.20 bits per heavy atom. The molecule has 0 saturated heterocycles. The summed E-state index contributed by atoms with van der Waals surface area (Å²) in [6, 6.07) is 0. The van der Waals surface area contributed by atoms with Crippen LogP contribution in [0.15, 0.2) is 0 Å². The SMILES string of the molecule is CCN(CCC(F)(F)F)C(C)(CC)CN. The fraction of sp³-hybridized carbons (Fsp3) is 1.00. The van der Waals surface area contributed by atoms with Crippen molar-refractivity contribution < 1.29 is 13.2 Å². The van der Waals surface area contributed by atoms with Crippen LogP contribution in [0.5, 0.6) is 0 Å².